The summed E-state index contributed by atoms with van der Waals surface area (Å²) in [5.41, 5.74) is 0.505. The quantitative estimate of drug-likeness (QED) is 0.836. The Kier molecular flexibility index (Phi) is 5.03. The number of rotatable bonds is 6. The highest BCUT2D eigenvalue weighted by atomic mass is 32.1. The van der Waals surface area contributed by atoms with Gasteiger partial charge in [0, 0.05) is 18.3 Å². The first-order valence-corrected chi connectivity index (χ1v) is 7.63. The van der Waals surface area contributed by atoms with Crippen LogP contribution in [0.3, 0.4) is 0 Å². The van der Waals surface area contributed by atoms with Gasteiger partial charge in [-0.3, -0.25) is 14.5 Å². The number of nitrogens with one attached hydrogen (secondary N) is 1. The number of nitrogens with zero attached hydrogens (tertiary/aromatic N) is 4. The van der Waals surface area contributed by atoms with E-state index in [-0.39, 0.29) is 11.5 Å². The van der Waals surface area contributed by atoms with Gasteiger partial charge in [0.15, 0.2) is 0 Å². The first kappa shape index (κ1) is 15.6. The van der Waals surface area contributed by atoms with E-state index in [1.54, 1.807) is 6.92 Å². The molecule has 0 bridgehead atoms. The normalized spacial score (nSPS) is 11.2. The zero-order valence-electron chi connectivity index (χ0n) is 12.4. The summed E-state index contributed by atoms with van der Waals surface area (Å²) in [6.07, 6.45) is 0.918. The van der Waals surface area contributed by atoms with E-state index in [4.69, 9.17) is 0 Å². The Morgan fingerprint density at radius 3 is 3.00 bits per heavy atom. The number of likely N-dealkylation sites (N-methyl/N-ethyl adjacent to an activating group) is 1. The molecule has 0 aliphatic heterocycles. The van der Waals surface area contributed by atoms with Crippen LogP contribution in [0.1, 0.15) is 24.0 Å². The molecule has 2 aromatic rings. The van der Waals surface area contributed by atoms with Gasteiger partial charge in [-0.1, -0.05) is 18.3 Å². The standard InChI is InChI=1S/C13H19N5O2S/c1-4-5-14-10(19)7-17(3)8-11-16-18-12(20)6-9(2)15-13(18)21-11/h6H,4-5,7-8H2,1-3H3,(H,14,19). The van der Waals surface area contributed by atoms with Crippen LogP contribution in [-0.4, -0.2) is 45.5 Å². The van der Waals surface area contributed by atoms with Gasteiger partial charge in [-0.25, -0.2) is 4.98 Å². The van der Waals surface area contributed by atoms with E-state index in [1.165, 1.54) is 21.9 Å². The van der Waals surface area contributed by atoms with Gasteiger partial charge < -0.3 is 5.32 Å². The number of hydrogen-bond donors (Lipinski definition) is 1. The summed E-state index contributed by atoms with van der Waals surface area (Å²) in [5, 5.41) is 7.84. The molecule has 0 unspecified atom stereocenters. The molecule has 0 fully saturated rings. The zero-order chi connectivity index (χ0) is 15.4. The molecular weight excluding hydrogens is 290 g/mol. The van der Waals surface area contributed by atoms with Crippen LogP contribution in [0.4, 0.5) is 0 Å². The molecule has 21 heavy (non-hydrogen) atoms. The first-order chi connectivity index (χ1) is 9.99. The van der Waals surface area contributed by atoms with Crippen molar-refractivity contribution in [3.05, 3.63) is 27.1 Å². The number of carbonyl (C=O) groups is 1. The predicted molar refractivity (Wildman–Crippen MR) is 81.5 cm³/mol. The third-order valence-electron chi connectivity index (χ3n) is 2.81. The van der Waals surface area contributed by atoms with Crippen LogP contribution in [0.15, 0.2) is 10.9 Å². The van der Waals surface area contributed by atoms with Crippen molar-refractivity contribution in [2.75, 3.05) is 20.1 Å². The second-order valence-corrected chi connectivity index (χ2v) is 5.99. The number of hydrogen-bond acceptors (Lipinski definition) is 6. The van der Waals surface area contributed by atoms with Crippen LogP contribution >= 0.6 is 11.3 Å². The van der Waals surface area contributed by atoms with Gasteiger partial charge in [-0.15, -0.1) is 0 Å². The predicted octanol–water partition coefficient (Wildman–Crippen LogP) is 0.417. The highest BCUT2D eigenvalue weighted by Crippen LogP contribution is 2.12. The summed E-state index contributed by atoms with van der Waals surface area (Å²) in [5.74, 6) is -0.00778. The average molecular weight is 309 g/mol. The van der Waals surface area contributed by atoms with Crippen LogP contribution in [0.2, 0.25) is 0 Å². The molecule has 2 rings (SSSR count). The van der Waals surface area contributed by atoms with E-state index in [9.17, 15) is 9.59 Å². The molecule has 0 atom stereocenters. The third kappa shape index (κ3) is 4.08. The smallest absolute Gasteiger partial charge is 0.275 e. The molecule has 0 aliphatic rings. The second-order valence-electron chi connectivity index (χ2n) is 4.95. The van der Waals surface area contributed by atoms with Crippen LogP contribution in [0.25, 0.3) is 4.96 Å². The molecular formula is C13H19N5O2S. The monoisotopic (exact) mass is 309 g/mol. The Balaban J connectivity index is 2.04. The lowest BCUT2D eigenvalue weighted by molar-refractivity contribution is -0.122. The fraction of sp³-hybridized carbons (Fsp3) is 0.538. The first-order valence-electron chi connectivity index (χ1n) is 6.81. The topological polar surface area (TPSA) is 79.6 Å². The molecule has 7 nitrogen and oxygen atoms in total. The largest absolute Gasteiger partial charge is 0.355 e. The van der Waals surface area contributed by atoms with E-state index < -0.39 is 0 Å². The SMILES string of the molecule is CCCNC(=O)CN(C)Cc1nn2c(=O)cc(C)nc2s1. The molecule has 1 amide bonds. The van der Waals surface area contributed by atoms with Gasteiger partial charge in [0.05, 0.1) is 13.1 Å². The Morgan fingerprint density at radius 1 is 1.52 bits per heavy atom. The van der Waals surface area contributed by atoms with E-state index in [0.29, 0.717) is 30.3 Å². The summed E-state index contributed by atoms with van der Waals surface area (Å²) in [4.78, 5) is 30.2. The van der Waals surface area contributed by atoms with Gasteiger partial charge in [-0.2, -0.15) is 9.61 Å². The Labute approximate surface area is 126 Å². The highest BCUT2D eigenvalue weighted by molar-refractivity contribution is 7.16. The van der Waals surface area contributed by atoms with Crippen molar-refractivity contribution in [3.8, 4) is 0 Å². The molecule has 0 aliphatic carbocycles. The van der Waals surface area contributed by atoms with Crippen molar-refractivity contribution in [2.24, 2.45) is 0 Å². The lowest BCUT2D eigenvalue weighted by Gasteiger charge is -2.13. The number of amides is 1. The van der Waals surface area contributed by atoms with Gasteiger partial charge >= 0.3 is 0 Å². The molecule has 2 aromatic heterocycles. The van der Waals surface area contributed by atoms with E-state index in [2.05, 4.69) is 15.4 Å². The summed E-state index contributed by atoms with van der Waals surface area (Å²) in [6, 6.07) is 1.46. The van der Waals surface area contributed by atoms with Crippen molar-refractivity contribution < 1.29 is 4.79 Å². The Bertz CT molecular complexity index is 693. The summed E-state index contributed by atoms with van der Waals surface area (Å²) in [7, 11) is 1.85. The number of aromatic nitrogens is 3. The minimum Gasteiger partial charge on any atom is -0.355 e. The Hall–Kier alpha value is -1.80. The van der Waals surface area contributed by atoms with Crippen molar-refractivity contribution in [1.82, 2.24) is 24.8 Å². The van der Waals surface area contributed by atoms with Crippen molar-refractivity contribution in [1.29, 1.82) is 0 Å². The summed E-state index contributed by atoms with van der Waals surface area (Å²) >= 11 is 1.37. The molecule has 114 valence electrons. The van der Waals surface area contributed by atoms with Gasteiger partial charge in [0.1, 0.15) is 5.01 Å². The molecule has 1 N–H and O–H groups in total. The summed E-state index contributed by atoms with van der Waals surface area (Å²) < 4.78 is 1.30. The minimum atomic E-state index is -0.177. The molecule has 0 aromatic carbocycles. The molecule has 0 saturated carbocycles. The molecule has 0 spiro atoms. The van der Waals surface area contributed by atoms with Crippen LogP contribution in [0, 0.1) is 6.92 Å². The fourth-order valence-corrected chi connectivity index (χ4v) is 2.90. The van der Waals surface area contributed by atoms with Crippen LogP contribution < -0.4 is 10.9 Å². The van der Waals surface area contributed by atoms with Gasteiger partial charge in [0.25, 0.3) is 5.56 Å². The van der Waals surface area contributed by atoms with E-state index in [0.717, 1.165) is 11.4 Å². The molecule has 0 saturated heterocycles. The maximum Gasteiger partial charge on any atom is 0.275 e. The van der Waals surface area contributed by atoms with Crippen LogP contribution in [-0.2, 0) is 11.3 Å². The highest BCUT2D eigenvalue weighted by Gasteiger charge is 2.11. The van der Waals surface area contributed by atoms with Gasteiger partial charge in [-0.05, 0) is 20.4 Å². The number of aryl methyl sites for hydroxylation is 1. The van der Waals surface area contributed by atoms with Crippen LogP contribution in [0.5, 0.6) is 0 Å². The average Bonchev–Trinajstić information content (AvgIpc) is 2.78. The maximum atomic E-state index is 11.8. The maximum absolute atomic E-state index is 11.8. The van der Waals surface area contributed by atoms with Crippen molar-refractivity contribution in [2.45, 2.75) is 26.8 Å². The third-order valence-corrected chi connectivity index (χ3v) is 3.70. The molecule has 8 heteroatoms. The molecule has 2 heterocycles. The second kappa shape index (κ2) is 6.77. The Morgan fingerprint density at radius 2 is 2.29 bits per heavy atom. The lowest BCUT2D eigenvalue weighted by atomic mass is 10.4. The van der Waals surface area contributed by atoms with E-state index in [1.807, 2.05) is 18.9 Å². The van der Waals surface area contributed by atoms with Crippen molar-refractivity contribution in [3.63, 3.8) is 0 Å². The number of fused-ring (bicyclic) bond motifs is 1. The minimum absolute atomic E-state index is 0.00778. The lowest BCUT2D eigenvalue weighted by Crippen LogP contribution is -2.35. The summed E-state index contributed by atoms with van der Waals surface area (Å²) in [6.45, 7) is 5.29. The number of carbonyl (C=O) groups excluding carboxylic acids is 1. The molecule has 0 radical (unpaired) electrons. The van der Waals surface area contributed by atoms with E-state index >= 15 is 0 Å². The van der Waals surface area contributed by atoms with Gasteiger partial charge in [0.2, 0.25) is 10.9 Å². The zero-order valence-corrected chi connectivity index (χ0v) is 13.2. The van der Waals surface area contributed by atoms with Crippen molar-refractivity contribution >= 4 is 22.2 Å². The fourth-order valence-electron chi connectivity index (χ4n) is 1.88.